The standard InChI is InChI=1S/C13H24O2/c1-10-3-8-13(15-9-10)11-4-6-12(14-2)7-5-11/h10-13H,3-9H2,1-2H3. The quantitative estimate of drug-likeness (QED) is 0.700. The number of rotatable bonds is 2. The van der Waals surface area contributed by atoms with E-state index in [-0.39, 0.29) is 0 Å². The molecule has 1 saturated carbocycles. The molecule has 0 aromatic heterocycles. The third-order valence-corrected chi connectivity index (χ3v) is 4.12. The second kappa shape index (κ2) is 5.31. The van der Waals surface area contributed by atoms with Gasteiger partial charge in [0.05, 0.1) is 12.2 Å². The minimum Gasteiger partial charge on any atom is -0.381 e. The summed E-state index contributed by atoms with van der Waals surface area (Å²) in [7, 11) is 1.84. The lowest BCUT2D eigenvalue weighted by Crippen LogP contribution is -2.34. The van der Waals surface area contributed by atoms with Crippen molar-refractivity contribution in [2.75, 3.05) is 13.7 Å². The van der Waals surface area contributed by atoms with Crippen LogP contribution in [0.5, 0.6) is 0 Å². The highest BCUT2D eigenvalue weighted by molar-refractivity contribution is 4.81. The highest BCUT2D eigenvalue weighted by atomic mass is 16.5. The lowest BCUT2D eigenvalue weighted by molar-refractivity contribution is -0.0626. The summed E-state index contributed by atoms with van der Waals surface area (Å²) in [6.45, 7) is 3.27. The molecule has 0 spiro atoms. The number of methoxy groups -OCH3 is 1. The molecule has 0 radical (unpaired) electrons. The van der Waals surface area contributed by atoms with E-state index in [9.17, 15) is 0 Å². The van der Waals surface area contributed by atoms with Gasteiger partial charge >= 0.3 is 0 Å². The zero-order valence-corrected chi connectivity index (χ0v) is 10.1. The van der Waals surface area contributed by atoms with Gasteiger partial charge in [-0.05, 0) is 50.4 Å². The predicted octanol–water partition coefficient (Wildman–Crippen LogP) is 3.01. The van der Waals surface area contributed by atoms with E-state index in [0.717, 1.165) is 18.4 Å². The molecule has 0 amide bonds. The first kappa shape index (κ1) is 11.4. The van der Waals surface area contributed by atoms with E-state index in [0.29, 0.717) is 12.2 Å². The van der Waals surface area contributed by atoms with Crippen molar-refractivity contribution in [1.29, 1.82) is 0 Å². The maximum atomic E-state index is 5.96. The van der Waals surface area contributed by atoms with Crippen molar-refractivity contribution < 1.29 is 9.47 Å². The van der Waals surface area contributed by atoms with Crippen LogP contribution in [-0.4, -0.2) is 25.9 Å². The SMILES string of the molecule is COC1CCC(C2CCC(C)CO2)CC1. The van der Waals surface area contributed by atoms with Gasteiger partial charge in [0.2, 0.25) is 0 Å². The van der Waals surface area contributed by atoms with Gasteiger partial charge in [-0.2, -0.15) is 0 Å². The van der Waals surface area contributed by atoms with Gasteiger partial charge in [0.25, 0.3) is 0 Å². The van der Waals surface area contributed by atoms with Gasteiger partial charge in [0.15, 0.2) is 0 Å². The van der Waals surface area contributed by atoms with Crippen LogP contribution in [0.4, 0.5) is 0 Å². The molecule has 2 unspecified atom stereocenters. The minimum atomic E-state index is 0.517. The summed E-state index contributed by atoms with van der Waals surface area (Å²) in [6.07, 6.45) is 8.78. The van der Waals surface area contributed by atoms with Gasteiger partial charge in [0, 0.05) is 13.7 Å². The fourth-order valence-electron chi connectivity index (χ4n) is 2.97. The van der Waals surface area contributed by atoms with Gasteiger partial charge in [-0.3, -0.25) is 0 Å². The number of ether oxygens (including phenoxy) is 2. The number of hydrogen-bond donors (Lipinski definition) is 0. The highest BCUT2D eigenvalue weighted by Gasteiger charge is 2.30. The van der Waals surface area contributed by atoms with Crippen LogP contribution in [0.1, 0.15) is 45.4 Å². The molecule has 2 aliphatic rings. The van der Waals surface area contributed by atoms with Crippen molar-refractivity contribution in [3.63, 3.8) is 0 Å². The van der Waals surface area contributed by atoms with E-state index in [4.69, 9.17) is 9.47 Å². The van der Waals surface area contributed by atoms with Gasteiger partial charge in [0.1, 0.15) is 0 Å². The average molecular weight is 212 g/mol. The Kier molecular flexibility index (Phi) is 4.04. The van der Waals surface area contributed by atoms with E-state index in [1.165, 1.54) is 38.5 Å². The Balaban J connectivity index is 1.75. The van der Waals surface area contributed by atoms with E-state index >= 15 is 0 Å². The summed E-state index contributed by atoms with van der Waals surface area (Å²) in [5.74, 6) is 1.58. The average Bonchev–Trinajstić information content (AvgIpc) is 2.30. The molecule has 0 bridgehead atoms. The van der Waals surface area contributed by atoms with Crippen LogP contribution in [0.15, 0.2) is 0 Å². The van der Waals surface area contributed by atoms with Gasteiger partial charge < -0.3 is 9.47 Å². The molecule has 1 saturated heterocycles. The van der Waals surface area contributed by atoms with Crippen molar-refractivity contribution in [3.8, 4) is 0 Å². The highest BCUT2D eigenvalue weighted by Crippen LogP contribution is 2.34. The largest absolute Gasteiger partial charge is 0.381 e. The fourth-order valence-corrected chi connectivity index (χ4v) is 2.97. The lowest BCUT2D eigenvalue weighted by atomic mass is 9.80. The summed E-state index contributed by atoms with van der Waals surface area (Å²) >= 11 is 0. The zero-order chi connectivity index (χ0) is 10.7. The third-order valence-electron chi connectivity index (χ3n) is 4.12. The monoisotopic (exact) mass is 212 g/mol. The molecule has 2 nitrogen and oxygen atoms in total. The van der Waals surface area contributed by atoms with Crippen LogP contribution in [-0.2, 0) is 9.47 Å². The summed E-state index contributed by atoms with van der Waals surface area (Å²) in [5, 5.41) is 0. The first-order valence-electron chi connectivity index (χ1n) is 6.44. The van der Waals surface area contributed by atoms with E-state index in [1.807, 2.05) is 7.11 Å². The molecule has 2 atom stereocenters. The van der Waals surface area contributed by atoms with Crippen LogP contribution >= 0.6 is 0 Å². The Morgan fingerprint density at radius 2 is 1.73 bits per heavy atom. The Morgan fingerprint density at radius 1 is 1.00 bits per heavy atom. The lowest BCUT2D eigenvalue weighted by Gasteiger charge is -2.36. The van der Waals surface area contributed by atoms with E-state index < -0.39 is 0 Å². The van der Waals surface area contributed by atoms with Crippen molar-refractivity contribution in [3.05, 3.63) is 0 Å². The maximum Gasteiger partial charge on any atom is 0.0603 e. The molecule has 88 valence electrons. The summed E-state index contributed by atoms with van der Waals surface area (Å²) in [6, 6.07) is 0. The molecule has 1 heterocycles. The molecular formula is C13H24O2. The van der Waals surface area contributed by atoms with E-state index in [1.54, 1.807) is 0 Å². The zero-order valence-electron chi connectivity index (χ0n) is 10.1. The van der Waals surface area contributed by atoms with Gasteiger partial charge in [-0.1, -0.05) is 6.92 Å². The Bertz CT molecular complexity index is 177. The second-order valence-corrected chi connectivity index (χ2v) is 5.33. The summed E-state index contributed by atoms with van der Waals surface area (Å²) in [4.78, 5) is 0. The van der Waals surface area contributed by atoms with Crippen molar-refractivity contribution in [2.45, 2.75) is 57.7 Å². The normalized spacial score (nSPS) is 42.8. The van der Waals surface area contributed by atoms with Crippen LogP contribution in [0.3, 0.4) is 0 Å². The Hall–Kier alpha value is -0.0800. The smallest absolute Gasteiger partial charge is 0.0603 e. The molecule has 2 heteroatoms. The molecule has 2 rings (SSSR count). The van der Waals surface area contributed by atoms with Crippen molar-refractivity contribution in [2.24, 2.45) is 11.8 Å². The number of hydrogen-bond acceptors (Lipinski definition) is 2. The Morgan fingerprint density at radius 3 is 2.27 bits per heavy atom. The molecule has 0 aromatic carbocycles. The van der Waals surface area contributed by atoms with Crippen LogP contribution < -0.4 is 0 Å². The summed E-state index contributed by atoms with van der Waals surface area (Å²) < 4.78 is 11.4. The predicted molar refractivity (Wildman–Crippen MR) is 60.9 cm³/mol. The molecule has 15 heavy (non-hydrogen) atoms. The van der Waals surface area contributed by atoms with Crippen LogP contribution in [0.2, 0.25) is 0 Å². The second-order valence-electron chi connectivity index (χ2n) is 5.33. The topological polar surface area (TPSA) is 18.5 Å². The molecule has 1 aliphatic heterocycles. The molecule has 0 N–H and O–H groups in total. The van der Waals surface area contributed by atoms with Crippen LogP contribution in [0.25, 0.3) is 0 Å². The Labute approximate surface area is 93.3 Å². The first-order chi connectivity index (χ1) is 7.29. The van der Waals surface area contributed by atoms with Crippen LogP contribution in [0, 0.1) is 11.8 Å². The molecule has 2 fully saturated rings. The molecule has 1 aliphatic carbocycles. The minimum absolute atomic E-state index is 0.517. The van der Waals surface area contributed by atoms with Gasteiger partial charge in [-0.25, -0.2) is 0 Å². The summed E-state index contributed by atoms with van der Waals surface area (Å²) in [5.41, 5.74) is 0. The molecular weight excluding hydrogens is 188 g/mol. The van der Waals surface area contributed by atoms with Gasteiger partial charge in [-0.15, -0.1) is 0 Å². The fraction of sp³-hybridized carbons (Fsp3) is 1.00. The third kappa shape index (κ3) is 2.94. The molecule has 0 aromatic rings. The first-order valence-corrected chi connectivity index (χ1v) is 6.44. The van der Waals surface area contributed by atoms with E-state index in [2.05, 4.69) is 6.92 Å². The van der Waals surface area contributed by atoms with Crippen molar-refractivity contribution >= 4 is 0 Å². The van der Waals surface area contributed by atoms with Crippen molar-refractivity contribution in [1.82, 2.24) is 0 Å². The maximum absolute atomic E-state index is 5.96.